The van der Waals surface area contributed by atoms with Crippen LogP contribution in [0.1, 0.15) is 19.8 Å². The minimum absolute atomic E-state index is 0.157. The number of carbonyl (C=O) groups is 1. The molecule has 2 N–H and O–H groups in total. The number of ether oxygens (including phenoxy) is 1. The summed E-state index contributed by atoms with van der Waals surface area (Å²) in [6, 6.07) is 15.7. The molecule has 2 heterocycles. The molecule has 146 valence electrons. The van der Waals surface area contributed by atoms with Gasteiger partial charge in [-0.2, -0.15) is 0 Å². The van der Waals surface area contributed by atoms with E-state index in [1.165, 1.54) is 4.70 Å². The van der Waals surface area contributed by atoms with Crippen LogP contribution in [-0.2, 0) is 0 Å². The quantitative estimate of drug-likeness (QED) is 0.667. The lowest BCUT2D eigenvalue weighted by Crippen LogP contribution is -2.46. The lowest BCUT2D eigenvalue weighted by Gasteiger charge is -2.32. The molecule has 1 fully saturated rings. The number of nitrogens with zero attached hydrogens (tertiary/aromatic N) is 2. The predicted octanol–water partition coefficient (Wildman–Crippen LogP) is 4.49. The Morgan fingerprint density at radius 3 is 2.71 bits per heavy atom. The van der Waals surface area contributed by atoms with E-state index in [-0.39, 0.29) is 12.1 Å². The van der Waals surface area contributed by atoms with Crippen molar-refractivity contribution in [2.24, 2.45) is 0 Å². The Kier molecular flexibility index (Phi) is 5.62. The number of benzene rings is 2. The van der Waals surface area contributed by atoms with Crippen LogP contribution in [0.4, 0.5) is 15.6 Å². The summed E-state index contributed by atoms with van der Waals surface area (Å²) < 4.78 is 6.77. The number of carbonyl (C=O) groups excluding carboxylic acids is 1. The summed E-state index contributed by atoms with van der Waals surface area (Å²) in [4.78, 5) is 19.5. The standard InChI is InChI=1S/C21H24N4O2S/c1-2-27-18-9-5-3-7-16(18)23-20(26)22-15-11-13-25(14-12-15)21-24-17-8-4-6-10-19(17)28-21/h3-10,15H,2,11-14H2,1H3,(H2,22,23,26). The van der Waals surface area contributed by atoms with Crippen LogP contribution in [0.25, 0.3) is 10.2 Å². The number of hydrogen-bond donors (Lipinski definition) is 2. The highest BCUT2D eigenvalue weighted by molar-refractivity contribution is 7.22. The molecule has 0 bridgehead atoms. The smallest absolute Gasteiger partial charge is 0.319 e. The van der Waals surface area contributed by atoms with Crippen molar-refractivity contribution < 1.29 is 9.53 Å². The van der Waals surface area contributed by atoms with E-state index in [0.717, 1.165) is 36.6 Å². The summed E-state index contributed by atoms with van der Waals surface area (Å²) in [5, 5.41) is 7.05. The summed E-state index contributed by atoms with van der Waals surface area (Å²) in [6.45, 7) is 4.27. The summed E-state index contributed by atoms with van der Waals surface area (Å²) in [5.41, 5.74) is 1.74. The van der Waals surface area contributed by atoms with Crippen LogP contribution in [0.2, 0.25) is 0 Å². The predicted molar refractivity (Wildman–Crippen MR) is 115 cm³/mol. The molecule has 0 radical (unpaired) electrons. The first kappa shape index (κ1) is 18.6. The van der Waals surface area contributed by atoms with Crippen LogP contribution in [0.5, 0.6) is 5.75 Å². The average molecular weight is 397 g/mol. The highest BCUT2D eigenvalue weighted by atomic mass is 32.1. The van der Waals surface area contributed by atoms with Crippen molar-refractivity contribution in [2.75, 3.05) is 29.9 Å². The zero-order valence-corrected chi connectivity index (χ0v) is 16.7. The second kappa shape index (κ2) is 8.48. The minimum atomic E-state index is -0.189. The van der Waals surface area contributed by atoms with Crippen LogP contribution >= 0.6 is 11.3 Å². The second-order valence-electron chi connectivity index (χ2n) is 6.75. The Morgan fingerprint density at radius 2 is 1.93 bits per heavy atom. The monoisotopic (exact) mass is 396 g/mol. The third kappa shape index (κ3) is 4.20. The van der Waals surface area contributed by atoms with Gasteiger partial charge in [-0.05, 0) is 44.0 Å². The lowest BCUT2D eigenvalue weighted by molar-refractivity contribution is 0.245. The molecular formula is C21H24N4O2S. The maximum atomic E-state index is 12.4. The number of piperidine rings is 1. The number of urea groups is 1. The fourth-order valence-electron chi connectivity index (χ4n) is 3.41. The molecule has 2 amide bonds. The third-order valence-electron chi connectivity index (χ3n) is 4.82. The Labute approximate surface area is 168 Å². The molecule has 1 saturated heterocycles. The van der Waals surface area contributed by atoms with Crippen molar-refractivity contribution in [3.05, 3.63) is 48.5 Å². The van der Waals surface area contributed by atoms with Crippen molar-refractivity contribution in [1.82, 2.24) is 10.3 Å². The first-order valence-electron chi connectivity index (χ1n) is 9.63. The highest BCUT2D eigenvalue weighted by Crippen LogP contribution is 2.30. The molecule has 28 heavy (non-hydrogen) atoms. The van der Waals surface area contributed by atoms with Crippen LogP contribution in [-0.4, -0.2) is 36.8 Å². The van der Waals surface area contributed by atoms with Gasteiger partial charge >= 0.3 is 6.03 Å². The summed E-state index contributed by atoms with van der Waals surface area (Å²) in [7, 11) is 0. The van der Waals surface area contributed by atoms with E-state index in [0.29, 0.717) is 18.0 Å². The van der Waals surface area contributed by atoms with Crippen molar-refractivity contribution >= 4 is 38.4 Å². The van der Waals surface area contributed by atoms with Gasteiger partial charge in [0, 0.05) is 19.1 Å². The average Bonchev–Trinajstić information content (AvgIpc) is 3.14. The van der Waals surface area contributed by atoms with E-state index in [9.17, 15) is 4.79 Å². The van der Waals surface area contributed by atoms with E-state index in [4.69, 9.17) is 9.72 Å². The first-order chi connectivity index (χ1) is 13.7. The van der Waals surface area contributed by atoms with Crippen molar-refractivity contribution in [2.45, 2.75) is 25.8 Å². The first-order valence-corrected chi connectivity index (χ1v) is 10.4. The zero-order chi connectivity index (χ0) is 19.3. The van der Waals surface area contributed by atoms with Gasteiger partial charge in [0.05, 0.1) is 22.5 Å². The summed E-state index contributed by atoms with van der Waals surface area (Å²) in [6.07, 6.45) is 1.80. The number of thiazole rings is 1. The molecular weight excluding hydrogens is 372 g/mol. The number of amides is 2. The number of fused-ring (bicyclic) bond motifs is 1. The van der Waals surface area contributed by atoms with Crippen molar-refractivity contribution in [1.29, 1.82) is 0 Å². The van der Waals surface area contributed by atoms with E-state index < -0.39 is 0 Å². The Hall–Kier alpha value is -2.80. The second-order valence-corrected chi connectivity index (χ2v) is 7.76. The molecule has 0 unspecified atom stereocenters. The van der Waals surface area contributed by atoms with Gasteiger partial charge in [-0.3, -0.25) is 0 Å². The molecule has 0 aliphatic carbocycles. The van der Waals surface area contributed by atoms with Crippen molar-refractivity contribution in [3.63, 3.8) is 0 Å². The molecule has 6 nitrogen and oxygen atoms in total. The SMILES string of the molecule is CCOc1ccccc1NC(=O)NC1CCN(c2nc3ccccc3s2)CC1. The van der Waals surface area contributed by atoms with Crippen LogP contribution in [0, 0.1) is 0 Å². The van der Waals surface area contributed by atoms with Gasteiger partial charge in [0.2, 0.25) is 0 Å². The topological polar surface area (TPSA) is 66.5 Å². The number of aromatic nitrogens is 1. The van der Waals surface area contributed by atoms with Crippen LogP contribution < -0.4 is 20.3 Å². The molecule has 0 atom stereocenters. The van der Waals surface area contributed by atoms with E-state index in [1.807, 2.05) is 49.4 Å². The number of para-hydroxylation sites is 3. The molecule has 3 aromatic rings. The number of anilines is 2. The van der Waals surface area contributed by atoms with Gasteiger partial charge in [0.25, 0.3) is 0 Å². The van der Waals surface area contributed by atoms with Crippen molar-refractivity contribution in [3.8, 4) is 5.75 Å². The molecule has 0 saturated carbocycles. The fourth-order valence-corrected chi connectivity index (χ4v) is 4.42. The van der Waals surface area contributed by atoms with Gasteiger partial charge in [0.1, 0.15) is 5.75 Å². The van der Waals surface area contributed by atoms with Crippen LogP contribution in [0.3, 0.4) is 0 Å². The maximum Gasteiger partial charge on any atom is 0.319 e. The van der Waals surface area contributed by atoms with E-state index in [1.54, 1.807) is 11.3 Å². The highest BCUT2D eigenvalue weighted by Gasteiger charge is 2.23. The molecule has 2 aromatic carbocycles. The van der Waals surface area contributed by atoms with E-state index in [2.05, 4.69) is 21.6 Å². The number of rotatable bonds is 5. The van der Waals surface area contributed by atoms with Crippen LogP contribution in [0.15, 0.2) is 48.5 Å². The Balaban J connectivity index is 1.31. The normalized spacial score (nSPS) is 14.8. The molecule has 1 aliphatic rings. The fraction of sp³-hybridized carbons (Fsp3) is 0.333. The largest absolute Gasteiger partial charge is 0.492 e. The molecule has 4 rings (SSSR count). The van der Waals surface area contributed by atoms with Gasteiger partial charge in [0.15, 0.2) is 5.13 Å². The molecule has 1 aliphatic heterocycles. The lowest BCUT2D eigenvalue weighted by atomic mass is 10.1. The molecule has 0 spiro atoms. The van der Waals surface area contributed by atoms with Gasteiger partial charge in [-0.1, -0.05) is 35.6 Å². The maximum absolute atomic E-state index is 12.4. The summed E-state index contributed by atoms with van der Waals surface area (Å²) in [5.74, 6) is 0.686. The number of nitrogens with one attached hydrogen (secondary N) is 2. The summed E-state index contributed by atoms with van der Waals surface area (Å²) >= 11 is 1.73. The molecule has 7 heteroatoms. The third-order valence-corrected chi connectivity index (χ3v) is 5.92. The van der Waals surface area contributed by atoms with Gasteiger partial charge < -0.3 is 20.3 Å². The molecule has 1 aromatic heterocycles. The van der Waals surface area contributed by atoms with E-state index >= 15 is 0 Å². The van der Waals surface area contributed by atoms with Gasteiger partial charge in [-0.15, -0.1) is 0 Å². The minimum Gasteiger partial charge on any atom is -0.492 e. The zero-order valence-electron chi connectivity index (χ0n) is 15.9. The Morgan fingerprint density at radius 1 is 1.18 bits per heavy atom. The van der Waals surface area contributed by atoms with Gasteiger partial charge in [-0.25, -0.2) is 9.78 Å². The Bertz CT molecular complexity index is 917. The number of hydrogen-bond acceptors (Lipinski definition) is 5.